The molecule has 0 aliphatic carbocycles. The number of alkyl halides is 2. The van der Waals surface area contributed by atoms with Crippen molar-refractivity contribution in [3.63, 3.8) is 0 Å². The third kappa shape index (κ3) is 4.22. The minimum Gasteiger partial charge on any atom is -0.480 e. The lowest BCUT2D eigenvalue weighted by Crippen LogP contribution is -2.39. The summed E-state index contributed by atoms with van der Waals surface area (Å²) in [4.78, 5) is 36.5. The van der Waals surface area contributed by atoms with Crippen LogP contribution in [0.15, 0.2) is 30.7 Å². The molecule has 35 heavy (non-hydrogen) atoms. The minimum atomic E-state index is -2.56. The van der Waals surface area contributed by atoms with Crippen LogP contribution in [0.5, 0.6) is 5.88 Å². The van der Waals surface area contributed by atoms with Gasteiger partial charge >= 0.3 is 0 Å². The number of fused-ring (bicyclic) bond motifs is 1. The number of rotatable bonds is 7. The Bertz CT molecular complexity index is 1300. The SMILES string of the molecule is CCNC(=O)c1cc(-c2cc(C)c3c(n2)C(C)(C)N(c2cnn(CC(F)F)c2)C3=O)cnc1OC. The van der Waals surface area contributed by atoms with E-state index in [-0.39, 0.29) is 23.3 Å². The molecule has 1 aliphatic rings. The Morgan fingerprint density at radius 3 is 2.66 bits per heavy atom. The average molecular weight is 485 g/mol. The van der Waals surface area contributed by atoms with Crippen molar-refractivity contribution in [2.45, 2.75) is 46.2 Å². The molecule has 0 unspecified atom stereocenters. The number of hydrogen-bond acceptors (Lipinski definition) is 6. The molecule has 1 N–H and O–H groups in total. The van der Waals surface area contributed by atoms with Gasteiger partial charge in [-0.1, -0.05) is 0 Å². The number of amides is 2. The molecule has 0 saturated heterocycles. The summed E-state index contributed by atoms with van der Waals surface area (Å²) in [7, 11) is 1.44. The Morgan fingerprint density at radius 1 is 1.26 bits per heavy atom. The molecular weight excluding hydrogens is 458 g/mol. The second-order valence-corrected chi connectivity index (χ2v) is 8.70. The van der Waals surface area contributed by atoms with Gasteiger partial charge in [0.25, 0.3) is 18.2 Å². The van der Waals surface area contributed by atoms with Gasteiger partial charge in [-0.2, -0.15) is 5.10 Å². The van der Waals surface area contributed by atoms with Gasteiger partial charge in [-0.3, -0.25) is 19.2 Å². The third-order valence-corrected chi connectivity index (χ3v) is 5.90. The number of methoxy groups -OCH3 is 1. The molecule has 0 radical (unpaired) electrons. The van der Waals surface area contributed by atoms with Crippen molar-refractivity contribution >= 4 is 17.5 Å². The van der Waals surface area contributed by atoms with Crippen molar-refractivity contribution < 1.29 is 23.1 Å². The van der Waals surface area contributed by atoms with Gasteiger partial charge in [0, 0.05) is 24.5 Å². The van der Waals surface area contributed by atoms with Crippen molar-refractivity contribution in [3.8, 4) is 17.1 Å². The zero-order chi connectivity index (χ0) is 25.5. The van der Waals surface area contributed by atoms with E-state index in [1.165, 1.54) is 24.4 Å². The van der Waals surface area contributed by atoms with Crippen LogP contribution in [0.3, 0.4) is 0 Å². The predicted octanol–water partition coefficient (Wildman–Crippen LogP) is 3.57. The Hall–Kier alpha value is -3.89. The summed E-state index contributed by atoms with van der Waals surface area (Å²) in [6.07, 6.45) is 1.83. The van der Waals surface area contributed by atoms with Crippen molar-refractivity contribution in [1.29, 1.82) is 0 Å². The van der Waals surface area contributed by atoms with E-state index in [1.54, 1.807) is 18.3 Å². The van der Waals surface area contributed by atoms with Crippen LogP contribution in [0.1, 0.15) is 52.7 Å². The number of halogens is 2. The summed E-state index contributed by atoms with van der Waals surface area (Å²) in [5.74, 6) is -0.409. The molecule has 1 aliphatic heterocycles. The summed E-state index contributed by atoms with van der Waals surface area (Å²) in [6, 6.07) is 3.42. The van der Waals surface area contributed by atoms with Gasteiger partial charge in [0.15, 0.2) is 0 Å². The van der Waals surface area contributed by atoms with Crippen molar-refractivity contribution in [2.75, 3.05) is 18.6 Å². The summed E-state index contributed by atoms with van der Waals surface area (Å²) >= 11 is 0. The van der Waals surface area contributed by atoms with Crippen molar-refractivity contribution in [2.24, 2.45) is 0 Å². The zero-order valence-electron chi connectivity index (χ0n) is 20.1. The standard InChI is InChI=1S/C24H26F2N6O3/c1-6-27-21(33)16-8-14(9-28-22(16)35-5)17-7-13(2)19-20(30-17)24(3,4)32(23(19)34)15-10-29-31(11-15)12-18(25)26/h7-11,18H,6,12H2,1-5H3,(H,27,33). The van der Waals surface area contributed by atoms with Crippen molar-refractivity contribution in [3.05, 3.63) is 53.1 Å². The Kier molecular flexibility index (Phi) is 6.27. The molecule has 9 nitrogen and oxygen atoms in total. The van der Waals surface area contributed by atoms with E-state index >= 15 is 0 Å². The van der Waals surface area contributed by atoms with E-state index in [1.807, 2.05) is 27.7 Å². The van der Waals surface area contributed by atoms with E-state index in [0.29, 0.717) is 40.3 Å². The number of carbonyl (C=O) groups excluding carboxylic acids is 2. The number of anilines is 1. The lowest BCUT2D eigenvalue weighted by molar-refractivity contribution is 0.0949. The highest BCUT2D eigenvalue weighted by Crippen LogP contribution is 2.43. The number of pyridine rings is 2. The lowest BCUT2D eigenvalue weighted by Gasteiger charge is -2.30. The van der Waals surface area contributed by atoms with E-state index in [9.17, 15) is 18.4 Å². The van der Waals surface area contributed by atoms with Gasteiger partial charge < -0.3 is 10.1 Å². The molecule has 0 atom stereocenters. The van der Waals surface area contributed by atoms with Crippen LogP contribution in [0.25, 0.3) is 11.3 Å². The maximum atomic E-state index is 13.4. The molecule has 0 saturated carbocycles. The Labute approximate surface area is 201 Å². The smallest absolute Gasteiger partial charge is 0.261 e. The number of carbonyl (C=O) groups is 2. The van der Waals surface area contributed by atoms with Crippen LogP contribution in [-0.4, -0.2) is 51.6 Å². The summed E-state index contributed by atoms with van der Waals surface area (Å²) in [6.45, 7) is 7.18. The lowest BCUT2D eigenvalue weighted by atomic mass is 9.96. The molecule has 2 amide bonds. The first kappa shape index (κ1) is 24.2. The van der Waals surface area contributed by atoms with Crippen LogP contribution >= 0.6 is 0 Å². The molecule has 3 aromatic heterocycles. The first-order valence-corrected chi connectivity index (χ1v) is 11.1. The fraction of sp³-hybridized carbons (Fsp3) is 0.375. The highest BCUT2D eigenvalue weighted by molar-refractivity contribution is 6.12. The fourth-order valence-electron chi connectivity index (χ4n) is 4.33. The third-order valence-electron chi connectivity index (χ3n) is 5.90. The van der Waals surface area contributed by atoms with Crippen LogP contribution < -0.4 is 15.0 Å². The van der Waals surface area contributed by atoms with Gasteiger partial charge in [-0.15, -0.1) is 0 Å². The largest absolute Gasteiger partial charge is 0.480 e. The first-order chi connectivity index (χ1) is 16.6. The zero-order valence-corrected chi connectivity index (χ0v) is 20.1. The number of nitrogens with zero attached hydrogens (tertiary/aromatic N) is 5. The molecule has 11 heteroatoms. The highest BCUT2D eigenvalue weighted by Gasteiger charge is 2.47. The molecule has 3 aromatic rings. The maximum absolute atomic E-state index is 13.4. The summed E-state index contributed by atoms with van der Waals surface area (Å²) < 4.78 is 31.9. The van der Waals surface area contributed by atoms with Gasteiger partial charge in [0.2, 0.25) is 5.88 Å². The van der Waals surface area contributed by atoms with Gasteiger partial charge in [-0.25, -0.2) is 18.7 Å². The van der Waals surface area contributed by atoms with E-state index < -0.39 is 18.5 Å². The highest BCUT2D eigenvalue weighted by atomic mass is 19.3. The Balaban J connectivity index is 1.78. The van der Waals surface area contributed by atoms with Gasteiger partial charge in [-0.05, 0) is 45.4 Å². The molecular formula is C24H26F2N6O3. The monoisotopic (exact) mass is 484 g/mol. The topological polar surface area (TPSA) is 102 Å². The summed E-state index contributed by atoms with van der Waals surface area (Å²) in [5.41, 5.74) is 2.61. The molecule has 4 rings (SSSR count). The van der Waals surface area contributed by atoms with E-state index in [4.69, 9.17) is 9.72 Å². The molecule has 0 spiro atoms. The molecule has 0 aromatic carbocycles. The van der Waals surface area contributed by atoms with Crippen LogP contribution in [0.4, 0.5) is 14.5 Å². The van der Waals surface area contributed by atoms with Gasteiger partial charge in [0.1, 0.15) is 12.1 Å². The number of aromatic nitrogens is 4. The molecule has 4 heterocycles. The fourth-order valence-corrected chi connectivity index (χ4v) is 4.33. The average Bonchev–Trinajstić information content (AvgIpc) is 3.32. The van der Waals surface area contributed by atoms with Crippen LogP contribution in [-0.2, 0) is 12.1 Å². The van der Waals surface area contributed by atoms with E-state index in [0.717, 1.165) is 4.68 Å². The summed E-state index contributed by atoms with van der Waals surface area (Å²) in [5, 5.41) is 6.71. The normalized spacial score (nSPS) is 14.4. The minimum absolute atomic E-state index is 0.195. The quantitative estimate of drug-likeness (QED) is 0.550. The van der Waals surface area contributed by atoms with Crippen LogP contribution in [0.2, 0.25) is 0 Å². The number of ether oxygens (including phenoxy) is 1. The molecule has 0 fully saturated rings. The molecule has 184 valence electrons. The number of aryl methyl sites for hydroxylation is 1. The van der Waals surface area contributed by atoms with E-state index in [2.05, 4.69) is 15.4 Å². The van der Waals surface area contributed by atoms with Crippen LogP contribution in [0, 0.1) is 6.92 Å². The predicted molar refractivity (Wildman–Crippen MR) is 125 cm³/mol. The number of hydrogen-bond donors (Lipinski definition) is 1. The van der Waals surface area contributed by atoms with Crippen molar-refractivity contribution in [1.82, 2.24) is 25.1 Å². The molecule has 0 bridgehead atoms. The first-order valence-electron chi connectivity index (χ1n) is 11.1. The Morgan fingerprint density at radius 2 is 2.00 bits per heavy atom. The number of nitrogens with one attached hydrogen (secondary N) is 1. The second kappa shape index (κ2) is 9.05. The maximum Gasteiger partial charge on any atom is 0.261 e. The second-order valence-electron chi connectivity index (χ2n) is 8.70. The van der Waals surface area contributed by atoms with Gasteiger partial charge in [0.05, 0.1) is 41.5 Å².